The molecule has 5 heteroatoms. The zero-order chi connectivity index (χ0) is 13.8. The van der Waals surface area contributed by atoms with E-state index in [-0.39, 0.29) is 0 Å². The van der Waals surface area contributed by atoms with E-state index in [1.54, 1.807) is 0 Å². The van der Waals surface area contributed by atoms with Crippen LogP contribution in [0.5, 0.6) is 5.75 Å². The zero-order valence-electron chi connectivity index (χ0n) is 11.2. The van der Waals surface area contributed by atoms with Crippen LogP contribution in [0.25, 0.3) is 0 Å². The van der Waals surface area contributed by atoms with Gasteiger partial charge in [-0.3, -0.25) is 4.68 Å². The first-order valence-electron chi connectivity index (χ1n) is 6.21. The summed E-state index contributed by atoms with van der Waals surface area (Å²) < 4.78 is 8.74. The molecule has 0 aliphatic heterocycles. The van der Waals surface area contributed by atoms with E-state index in [4.69, 9.17) is 10.5 Å². The lowest BCUT2D eigenvalue weighted by atomic mass is 10.1. The van der Waals surface area contributed by atoms with E-state index >= 15 is 0 Å². The van der Waals surface area contributed by atoms with E-state index < -0.39 is 0 Å². The highest BCUT2D eigenvalue weighted by atomic mass is 79.9. The first-order chi connectivity index (χ1) is 9.11. The Bertz CT molecular complexity index is 566. The predicted octanol–water partition coefficient (Wildman–Crippen LogP) is 2.57. The number of benzene rings is 1. The number of ether oxygens (including phenoxy) is 1. The highest BCUT2D eigenvalue weighted by Crippen LogP contribution is 2.30. The minimum Gasteiger partial charge on any atom is -0.486 e. The second-order valence-corrected chi connectivity index (χ2v) is 5.31. The molecule has 0 aliphatic rings. The number of aryl methyl sites for hydroxylation is 2. The highest BCUT2D eigenvalue weighted by molar-refractivity contribution is 9.10. The molecular formula is C14H18BrN3O. The number of hydrogen-bond acceptors (Lipinski definition) is 3. The van der Waals surface area contributed by atoms with Crippen molar-refractivity contribution in [2.45, 2.75) is 20.0 Å². The van der Waals surface area contributed by atoms with Crippen molar-refractivity contribution in [2.75, 3.05) is 6.54 Å². The van der Waals surface area contributed by atoms with Crippen LogP contribution < -0.4 is 10.5 Å². The molecule has 0 bridgehead atoms. The number of halogens is 1. The molecule has 0 fully saturated rings. The van der Waals surface area contributed by atoms with Crippen molar-refractivity contribution in [3.63, 3.8) is 0 Å². The number of hydrogen-bond donors (Lipinski definition) is 1. The van der Waals surface area contributed by atoms with Gasteiger partial charge in [-0.15, -0.1) is 0 Å². The standard InChI is InChI=1S/C14H18BrN3O/c1-10-8-12(18(2)17-10)9-19-14-11(6-7-16)4-3-5-13(14)15/h3-5,8H,6-7,9,16H2,1-2H3. The third-order valence-corrected chi connectivity index (χ3v) is 3.55. The van der Waals surface area contributed by atoms with Crippen molar-refractivity contribution < 1.29 is 4.74 Å². The topological polar surface area (TPSA) is 53.1 Å². The summed E-state index contributed by atoms with van der Waals surface area (Å²) in [6.45, 7) is 3.08. The Kier molecular flexibility index (Phi) is 4.61. The summed E-state index contributed by atoms with van der Waals surface area (Å²) in [5.74, 6) is 0.867. The van der Waals surface area contributed by atoms with Crippen LogP contribution in [-0.2, 0) is 20.1 Å². The molecule has 2 rings (SSSR count). The Hall–Kier alpha value is -1.33. The molecule has 0 amide bonds. The SMILES string of the molecule is Cc1cc(COc2c(Br)cccc2CCN)n(C)n1. The average Bonchev–Trinajstić information content (AvgIpc) is 2.67. The van der Waals surface area contributed by atoms with Gasteiger partial charge < -0.3 is 10.5 Å². The van der Waals surface area contributed by atoms with Gasteiger partial charge in [0, 0.05) is 7.05 Å². The van der Waals surface area contributed by atoms with Crippen LogP contribution in [0.15, 0.2) is 28.7 Å². The molecule has 19 heavy (non-hydrogen) atoms. The third kappa shape index (κ3) is 3.36. The summed E-state index contributed by atoms with van der Waals surface area (Å²) in [5, 5.41) is 4.31. The summed E-state index contributed by atoms with van der Waals surface area (Å²) >= 11 is 3.53. The van der Waals surface area contributed by atoms with Crippen LogP contribution in [0, 0.1) is 6.92 Å². The van der Waals surface area contributed by atoms with Crippen molar-refractivity contribution in [3.05, 3.63) is 45.7 Å². The van der Waals surface area contributed by atoms with E-state index in [0.717, 1.165) is 33.6 Å². The van der Waals surface area contributed by atoms with Crippen LogP contribution in [0.3, 0.4) is 0 Å². The Labute approximate surface area is 121 Å². The van der Waals surface area contributed by atoms with Gasteiger partial charge in [-0.1, -0.05) is 12.1 Å². The molecule has 1 aromatic heterocycles. The molecule has 102 valence electrons. The van der Waals surface area contributed by atoms with Crippen LogP contribution in [-0.4, -0.2) is 16.3 Å². The van der Waals surface area contributed by atoms with Gasteiger partial charge in [-0.2, -0.15) is 5.10 Å². The molecule has 0 spiro atoms. The van der Waals surface area contributed by atoms with Gasteiger partial charge >= 0.3 is 0 Å². The predicted molar refractivity (Wildman–Crippen MR) is 79.2 cm³/mol. The molecular weight excluding hydrogens is 306 g/mol. The molecule has 0 saturated carbocycles. The number of rotatable bonds is 5. The molecule has 2 aromatic rings. The summed E-state index contributed by atoms with van der Waals surface area (Å²) in [6, 6.07) is 8.04. The van der Waals surface area contributed by atoms with Crippen LogP contribution in [0.1, 0.15) is 17.0 Å². The summed E-state index contributed by atoms with van der Waals surface area (Å²) in [7, 11) is 1.92. The minimum absolute atomic E-state index is 0.498. The molecule has 0 saturated heterocycles. The van der Waals surface area contributed by atoms with Gasteiger partial charge in [0.15, 0.2) is 0 Å². The number of nitrogens with two attached hydrogens (primary N) is 1. The maximum atomic E-state index is 5.94. The Morgan fingerprint density at radius 3 is 2.84 bits per heavy atom. The number of aromatic nitrogens is 2. The first-order valence-corrected chi connectivity index (χ1v) is 7.01. The fraction of sp³-hybridized carbons (Fsp3) is 0.357. The fourth-order valence-electron chi connectivity index (χ4n) is 2.01. The summed E-state index contributed by atoms with van der Waals surface area (Å²) in [6.07, 6.45) is 0.805. The molecule has 2 N–H and O–H groups in total. The van der Waals surface area contributed by atoms with Gasteiger partial charge in [-0.05, 0) is 53.5 Å². The van der Waals surface area contributed by atoms with Gasteiger partial charge in [0.05, 0.1) is 15.9 Å². The van der Waals surface area contributed by atoms with E-state index in [0.29, 0.717) is 13.2 Å². The second-order valence-electron chi connectivity index (χ2n) is 4.46. The lowest BCUT2D eigenvalue weighted by Crippen LogP contribution is -2.07. The summed E-state index contributed by atoms with van der Waals surface area (Å²) in [5.41, 5.74) is 8.79. The van der Waals surface area contributed by atoms with Crippen molar-refractivity contribution in [2.24, 2.45) is 12.8 Å². The van der Waals surface area contributed by atoms with Crippen LogP contribution in [0.2, 0.25) is 0 Å². The second kappa shape index (κ2) is 6.21. The smallest absolute Gasteiger partial charge is 0.137 e. The molecule has 0 atom stereocenters. The minimum atomic E-state index is 0.498. The maximum Gasteiger partial charge on any atom is 0.137 e. The molecule has 0 unspecified atom stereocenters. The van der Waals surface area contributed by atoms with Crippen LogP contribution in [0.4, 0.5) is 0 Å². The molecule has 1 aromatic carbocycles. The van der Waals surface area contributed by atoms with Crippen molar-refractivity contribution >= 4 is 15.9 Å². The lowest BCUT2D eigenvalue weighted by Gasteiger charge is -2.13. The Morgan fingerprint density at radius 1 is 1.42 bits per heavy atom. The molecule has 0 aliphatic carbocycles. The van der Waals surface area contributed by atoms with Crippen molar-refractivity contribution in [3.8, 4) is 5.75 Å². The maximum absolute atomic E-state index is 5.94. The zero-order valence-corrected chi connectivity index (χ0v) is 12.8. The molecule has 4 nitrogen and oxygen atoms in total. The largest absolute Gasteiger partial charge is 0.486 e. The van der Waals surface area contributed by atoms with E-state index in [9.17, 15) is 0 Å². The van der Waals surface area contributed by atoms with Crippen molar-refractivity contribution in [1.29, 1.82) is 0 Å². The normalized spacial score (nSPS) is 10.7. The Morgan fingerprint density at radius 2 is 2.21 bits per heavy atom. The lowest BCUT2D eigenvalue weighted by molar-refractivity contribution is 0.290. The Balaban J connectivity index is 2.17. The van der Waals surface area contributed by atoms with Crippen molar-refractivity contribution in [1.82, 2.24) is 9.78 Å². The number of nitrogens with zero attached hydrogens (tertiary/aromatic N) is 2. The van der Waals surface area contributed by atoms with E-state index in [2.05, 4.69) is 21.0 Å². The quantitative estimate of drug-likeness (QED) is 0.920. The van der Waals surface area contributed by atoms with E-state index in [1.807, 2.05) is 42.9 Å². The highest BCUT2D eigenvalue weighted by Gasteiger charge is 2.09. The molecule has 0 radical (unpaired) electrons. The molecule has 1 heterocycles. The van der Waals surface area contributed by atoms with Gasteiger partial charge in [0.25, 0.3) is 0 Å². The van der Waals surface area contributed by atoms with Gasteiger partial charge in [-0.25, -0.2) is 0 Å². The average molecular weight is 324 g/mol. The van der Waals surface area contributed by atoms with Gasteiger partial charge in [0.1, 0.15) is 12.4 Å². The summed E-state index contributed by atoms with van der Waals surface area (Å²) in [4.78, 5) is 0. The van der Waals surface area contributed by atoms with E-state index in [1.165, 1.54) is 0 Å². The monoisotopic (exact) mass is 323 g/mol. The van der Waals surface area contributed by atoms with Crippen LogP contribution >= 0.6 is 15.9 Å². The third-order valence-electron chi connectivity index (χ3n) is 2.93. The van der Waals surface area contributed by atoms with Gasteiger partial charge in [0.2, 0.25) is 0 Å². The fourth-order valence-corrected chi connectivity index (χ4v) is 2.53. The number of para-hydroxylation sites is 1. The first kappa shape index (κ1) is 14.1.